The highest BCUT2D eigenvalue weighted by molar-refractivity contribution is 6.32. The fourth-order valence-electron chi connectivity index (χ4n) is 1.49. The van der Waals surface area contributed by atoms with Gasteiger partial charge in [-0.25, -0.2) is 9.37 Å². The van der Waals surface area contributed by atoms with Gasteiger partial charge in [-0.3, -0.25) is 0 Å². The molecule has 2 aromatic rings. The first-order valence-electron chi connectivity index (χ1n) is 5.42. The summed E-state index contributed by atoms with van der Waals surface area (Å²) in [6.45, 7) is 0.410. The summed E-state index contributed by atoms with van der Waals surface area (Å²) in [5.74, 6) is -0.171. The molecule has 3 nitrogen and oxygen atoms in total. The van der Waals surface area contributed by atoms with E-state index in [0.29, 0.717) is 22.9 Å². The monoisotopic (exact) mass is 266 g/mol. The van der Waals surface area contributed by atoms with Gasteiger partial charge in [-0.2, -0.15) is 0 Å². The molecule has 5 heteroatoms. The summed E-state index contributed by atoms with van der Waals surface area (Å²) in [4.78, 5) is 3.87. The number of ether oxygens (including phenoxy) is 1. The molecule has 0 saturated carbocycles. The van der Waals surface area contributed by atoms with E-state index in [1.807, 2.05) is 0 Å². The molecule has 0 aliphatic rings. The third-order valence-corrected chi connectivity index (χ3v) is 2.66. The van der Waals surface area contributed by atoms with E-state index < -0.39 is 5.82 Å². The van der Waals surface area contributed by atoms with Gasteiger partial charge in [-0.05, 0) is 25.2 Å². The van der Waals surface area contributed by atoms with Crippen molar-refractivity contribution in [2.45, 2.75) is 6.54 Å². The lowest BCUT2D eigenvalue weighted by atomic mass is 10.2. The molecular weight excluding hydrogens is 255 g/mol. The van der Waals surface area contributed by atoms with Crippen LogP contribution in [0.5, 0.6) is 11.6 Å². The Bertz CT molecular complexity index is 548. The van der Waals surface area contributed by atoms with Crippen LogP contribution in [-0.4, -0.2) is 12.0 Å². The third kappa shape index (κ3) is 2.78. The van der Waals surface area contributed by atoms with Gasteiger partial charge in [-0.1, -0.05) is 23.7 Å². The lowest BCUT2D eigenvalue weighted by molar-refractivity contribution is 0.418. The van der Waals surface area contributed by atoms with Crippen LogP contribution in [0.15, 0.2) is 36.5 Å². The Kier molecular flexibility index (Phi) is 4.12. The minimum atomic E-state index is -0.480. The van der Waals surface area contributed by atoms with Crippen LogP contribution in [0, 0.1) is 5.82 Å². The molecule has 2 rings (SSSR count). The number of nitrogens with zero attached hydrogens (tertiary/aromatic N) is 1. The topological polar surface area (TPSA) is 34.2 Å². The van der Waals surface area contributed by atoms with Gasteiger partial charge < -0.3 is 10.1 Å². The number of hydrogen-bond donors (Lipinski definition) is 1. The second-order valence-electron chi connectivity index (χ2n) is 3.65. The molecule has 18 heavy (non-hydrogen) atoms. The van der Waals surface area contributed by atoms with Gasteiger partial charge in [0.25, 0.3) is 5.88 Å². The summed E-state index contributed by atoms with van der Waals surface area (Å²) in [7, 11) is 1.74. The SMILES string of the molecule is CNCc1ccnc(Oc2ccccc2Cl)c1F. The van der Waals surface area contributed by atoms with E-state index in [1.165, 1.54) is 6.20 Å². The van der Waals surface area contributed by atoms with Crippen LogP contribution in [0.3, 0.4) is 0 Å². The predicted molar refractivity (Wildman–Crippen MR) is 68.5 cm³/mol. The summed E-state index contributed by atoms with van der Waals surface area (Å²) < 4.78 is 19.4. The molecule has 1 aromatic heterocycles. The third-order valence-electron chi connectivity index (χ3n) is 2.35. The number of pyridine rings is 1. The zero-order chi connectivity index (χ0) is 13.0. The van der Waals surface area contributed by atoms with Crippen molar-refractivity contribution in [3.05, 3.63) is 52.9 Å². The van der Waals surface area contributed by atoms with Gasteiger partial charge in [-0.15, -0.1) is 0 Å². The molecule has 0 fully saturated rings. The second kappa shape index (κ2) is 5.80. The van der Waals surface area contributed by atoms with E-state index in [0.717, 1.165) is 0 Å². The highest BCUT2D eigenvalue weighted by atomic mass is 35.5. The zero-order valence-corrected chi connectivity index (χ0v) is 10.5. The predicted octanol–water partition coefficient (Wildman–Crippen LogP) is 3.39. The standard InChI is InChI=1S/C13H12ClFN2O/c1-16-8-9-6-7-17-13(12(9)15)18-11-5-3-2-4-10(11)14/h2-7,16H,8H2,1H3. The quantitative estimate of drug-likeness (QED) is 0.921. The molecule has 1 aromatic carbocycles. The Hall–Kier alpha value is -1.65. The first-order chi connectivity index (χ1) is 8.72. The summed E-state index contributed by atoms with van der Waals surface area (Å²) in [6.07, 6.45) is 1.50. The minimum absolute atomic E-state index is 0.0733. The molecule has 1 N–H and O–H groups in total. The van der Waals surface area contributed by atoms with E-state index in [1.54, 1.807) is 37.4 Å². The Labute approximate surface area is 110 Å². The van der Waals surface area contributed by atoms with Crippen LogP contribution in [0.2, 0.25) is 5.02 Å². The van der Waals surface area contributed by atoms with E-state index in [2.05, 4.69) is 10.3 Å². The van der Waals surface area contributed by atoms with Gasteiger partial charge in [0.05, 0.1) is 5.02 Å². The maximum absolute atomic E-state index is 14.0. The summed E-state index contributed by atoms with van der Waals surface area (Å²) in [6, 6.07) is 8.47. The number of halogens is 2. The average Bonchev–Trinajstić information content (AvgIpc) is 2.37. The fraction of sp³-hybridized carbons (Fsp3) is 0.154. The molecule has 0 spiro atoms. The van der Waals surface area contributed by atoms with Crippen molar-refractivity contribution < 1.29 is 9.13 Å². The molecule has 0 amide bonds. The normalized spacial score (nSPS) is 10.4. The Balaban J connectivity index is 2.30. The van der Waals surface area contributed by atoms with Crippen molar-refractivity contribution in [3.8, 4) is 11.6 Å². The number of hydrogen-bond acceptors (Lipinski definition) is 3. The van der Waals surface area contributed by atoms with Crippen LogP contribution >= 0.6 is 11.6 Å². The van der Waals surface area contributed by atoms with Gasteiger partial charge in [0, 0.05) is 18.3 Å². The van der Waals surface area contributed by atoms with E-state index in [4.69, 9.17) is 16.3 Å². The van der Waals surface area contributed by atoms with Crippen LogP contribution in [-0.2, 0) is 6.54 Å². The fourth-order valence-corrected chi connectivity index (χ4v) is 1.67. The zero-order valence-electron chi connectivity index (χ0n) is 9.78. The summed E-state index contributed by atoms with van der Waals surface area (Å²) >= 11 is 5.94. The van der Waals surface area contributed by atoms with Crippen LogP contribution in [0.25, 0.3) is 0 Å². The molecule has 94 valence electrons. The highest BCUT2D eigenvalue weighted by Crippen LogP contribution is 2.29. The van der Waals surface area contributed by atoms with Crippen molar-refractivity contribution in [1.82, 2.24) is 10.3 Å². The van der Waals surface area contributed by atoms with Gasteiger partial charge in [0.2, 0.25) is 0 Å². The maximum atomic E-state index is 14.0. The Morgan fingerprint density at radius 1 is 1.33 bits per heavy atom. The molecule has 0 radical (unpaired) electrons. The number of rotatable bonds is 4. The first-order valence-corrected chi connectivity index (χ1v) is 5.80. The number of aromatic nitrogens is 1. The van der Waals surface area contributed by atoms with Gasteiger partial charge >= 0.3 is 0 Å². The van der Waals surface area contributed by atoms with E-state index in [9.17, 15) is 4.39 Å². The Morgan fingerprint density at radius 3 is 2.83 bits per heavy atom. The molecule has 1 heterocycles. The summed E-state index contributed by atoms with van der Waals surface area (Å²) in [5.41, 5.74) is 0.495. The molecule has 0 aliphatic carbocycles. The highest BCUT2D eigenvalue weighted by Gasteiger charge is 2.12. The number of para-hydroxylation sites is 1. The maximum Gasteiger partial charge on any atom is 0.256 e. The van der Waals surface area contributed by atoms with Crippen LogP contribution in [0.1, 0.15) is 5.56 Å². The van der Waals surface area contributed by atoms with Crippen LogP contribution < -0.4 is 10.1 Å². The largest absolute Gasteiger partial charge is 0.435 e. The van der Waals surface area contributed by atoms with Crippen molar-refractivity contribution in [2.24, 2.45) is 0 Å². The van der Waals surface area contributed by atoms with Crippen molar-refractivity contribution in [3.63, 3.8) is 0 Å². The minimum Gasteiger partial charge on any atom is -0.435 e. The van der Waals surface area contributed by atoms with Crippen molar-refractivity contribution in [2.75, 3.05) is 7.05 Å². The van der Waals surface area contributed by atoms with E-state index >= 15 is 0 Å². The molecule has 0 saturated heterocycles. The molecule has 0 atom stereocenters. The van der Waals surface area contributed by atoms with Crippen molar-refractivity contribution >= 4 is 11.6 Å². The molecule has 0 bridgehead atoms. The smallest absolute Gasteiger partial charge is 0.256 e. The number of nitrogens with one attached hydrogen (secondary N) is 1. The van der Waals surface area contributed by atoms with Gasteiger partial charge in [0.15, 0.2) is 5.82 Å². The average molecular weight is 267 g/mol. The molecule has 0 aliphatic heterocycles. The molecule has 0 unspecified atom stereocenters. The lowest BCUT2D eigenvalue weighted by Gasteiger charge is -2.09. The molecular formula is C13H12ClFN2O. The first kappa shape index (κ1) is 12.8. The lowest BCUT2D eigenvalue weighted by Crippen LogP contribution is -2.08. The van der Waals surface area contributed by atoms with Crippen molar-refractivity contribution in [1.29, 1.82) is 0 Å². The van der Waals surface area contributed by atoms with Crippen LogP contribution in [0.4, 0.5) is 4.39 Å². The Morgan fingerprint density at radius 2 is 2.11 bits per heavy atom. The summed E-state index contributed by atoms with van der Waals surface area (Å²) in [5, 5.41) is 3.29. The second-order valence-corrected chi connectivity index (χ2v) is 4.06. The number of benzene rings is 1. The van der Waals surface area contributed by atoms with E-state index in [-0.39, 0.29) is 5.88 Å². The van der Waals surface area contributed by atoms with Gasteiger partial charge in [0.1, 0.15) is 5.75 Å².